The molecule has 0 unspecified atom stereocenters. The number of hydrogen-bond donors (Lipinski definition) is 3. The SMILES string of the molecule is OC(COCc1ccco1)(COCc1ccco1)CN1CCN(CC(O)(COCc2ccco2)COCc2ccco2)CCN(CC(O)(COCc2ccco2)COCc2ccco2)CC1. The summed E-state index contributed by atoms with van der Waals surface area (Å²) in [6.45, 7) is 4.29. The van der Waals surface area contributed by atoms with Crippen molar-refractivity contribution >= 4 is 0 Å². The van der Waals surface area contributed by atoms with Gasteiger partial charge in [0.05, 0.1) is 77.2 Å². The van der Waals surface area contributed by atoms with Crippen LogP contribution in [-0.4, -0.2) is 145 Å². The summed E-state index contributed by atoms with van der Waals surface area (Å²) in [5.74, 6) is 3.78. The lowest BCUT2D eigenvalue weighted by Gasteiger charge is -2.36. The van der Waals surface area contributed by atoms with E-state index in [2.05, 4.69) is 14.7 Å². The molecule has 0 aliphatic carbocycles. The van der Waals surface area contributed by atoms with Gasteiger partial charge in [0.1, 0.15) is 91.0 Å². The first-order valence-electron chi connectivity index (χ1n) is 22.2. The van der Waals surface area contributed by atoms with Crippen molar-refractivity contribution in [3.63, 3.8) is 0 Å². The molecule has 3 N–H and O–H groups in total. The van der Waals surface area contributed by atoms with E-state index in [1.807, 2.05) is 36.4 Å². The molecule has 0 spiro atoms. The second-order valence-electron chi connectivity index (χ2n) is 16.9. The normalized spacial score (nSPS) is 15.3. The highest BCUT2D eigenvalue weighted by Gasteiger charge is 2.36. The lowest BCUT2D eigenvalue weighted by molar-refractivity contribution is -0.123. The lowest BCUT2D eigenvalue weighted by Crippen LogP contribution is -2.53. The van der Waals surface area contributed by atoms with Gasteiger partial charge in [-0.2, -0.15) is 0 Å². The zero-order valence-electron chi connectivity index (χ0n) is 37.3. The Morgan fingerprint density at radius 1 is 0.333 bits per heavy atom. The van der Waals surface area contributed by atoms with Gasteiger partial charge in [0.25, 0.3) is 0 Å². The predicted octanol–water partition coefficient (Wildman–Crippen LogP) is 4.96. The highest BCUT2D eigenvalue weighted by Crippen LogP contribution is 2.20. The maximum atomic E-state index is 12.3. The van der Waals surface area contributed by atoms with Crippen LogP contribution in [-0.2, 0) is 68.1 Å². The first kappa shape index (κ1) is 49.1. The van der Waals surface area contributed by atoms with Crippen LogP contribution in [0, 0.1) is 0 Å². The molecule has 66 heavy (non-hydrogen) atoms. The zero-order chi connectivity index (χ0) is 45.8. The molecule has 0 saturated carbocycles. The topological polar surface area (TPSA) is 205 Å². The van der Waals surface area contributed by atoms with Crippen molar-refractivity contribution in [2.24, 2.45) is 0 Å². The Hall–Kier alpha value is -4.80. The minimum atomic E-state index is -1.46. The fraction of sp³-hybridized carbons (Fsp3) is 0.500. The van der Waals surface area contributed by atoms with E-state index in [0.29, 0.717) is 73.8 Å². The number of hydrogen-bond acceptors (Lipinski definition) is 18. The van der Waals surface area contributed by atoms with Gasteiger partial charge >= 0.3 is 0 Å². The Labute approximate surface area is 384 Å². The van der Waals surface area contributed by atoms with Gasteiger partial charge in [0.15, 0.2) is 0 Å². The summed E-state index contributed by atoms with van der Waals surface area (Å²) in [5.41, 5.74) is -4.37. The summed E-state index contributed by atoms with van der Waals surface area (Å²) >= 11 is 0. The van der Waals surface area contributed by atoms with E-state index < -0.39 is 16.8 Å². The fourth-order valence-corrected chi connectivity index (χ4v) is 7.72. The Balaban J connectivity index is 1.09. The van der Waals surface area contributed by atoms with E-state index in [-0.39, 0.29) is 98.9 Å². The molecule has 7 rings (SSSR count). The number of β-amino-alcohol motifs (C(OH)–C–C–N with tert-alkyl or cyclic N) is 3. The van der Waals surface area contributed by atoms with Gasteiger partial charge in [0, 0.05) is 58.9 Å². The maximum absolute atomic E-state index is 12.3. The summed E-state index contributed by atoms with van der Waals surface area (Å²) < 4.78 is 69.1. The number of nitrogens with zero attached hydrogens (tertiary/aromatic N) is 3. The minimum absolute atomic E-state index is 0.0463. The van der Waals surface area contributed by atoms with Crippen LogP contribution in [0.1, 0.15) is 34.6 Å². The van der Waals surface area contributed by atoms with E-state index in [1.165, 1.54) is 0 Å². The van der Waals surface area contributed by atoms with E-state index in [1.54, 1.807) is 74.0 Å². The quantitative estimate of drug-likeness (QED) is 0.0546. The van der Waals surface area contributed by atoms with E-state index in [4.69, 9.17) is 54.9 Å². The second kappa shape index (κ2) is 25.4. The van der Waals surface area contributed by atoms with Crippen molar-refractivity contribution in [1.82, 2.24) is 14.7 Å². The van der Waals surface area contributed by atoms with Crippen LogP contribution in [0.2, 0.25) is 0 Å². The van der Waals surface area contributed by atoms with E-state index >= 15 is 0 Å². The third-order valence-electron chi connectivity index (χ3n) is 10.9. The molecular formula is C48H63N3O15. The van der Waals surface area contributed by atoms with Gasteiger partial charge in [-0.15, -0.1) is 0 Å². The highest BCUT2D eigenvalue weighted by atomic mass is 16.5. The molecule has 1 aliphatic heterocycles. The van der Waals surface area contributed by atoms with Gasteiger partial charge < -0.3 is 70.2 Å². The van der Waals surface area contributed by atoms with Gasteiger partial charge in [0.2, 0.25) is 0 Å². The third kappa shape index (κ3) is 16.8. The van der Waals surface area contributed by atoms with Crippen LogP contribution < -0.4 is 0 Å². The average molecular weight is 922 g/mol. The van der Waals surface area contributed by atoms with Crippen LogP contribution >= 0.6 is 0 Å². The maximum Gasteiger partial charge on any atom is 0.129 e. The van der Waals surface area contributed by atoms with Gasteiger partial charge in [-0.05, 0) is 72.8 Å². The molecule has 0 aromatic carbocycles. The average Bonchev–Trinajstić information content (AvgIpc) is 4.15. The van der Waals surface area contributed by atoms with Crippen LogP contribution in [0.4, 0.5) is 0 Å². The summed E-state index contributed by atoms with van der Waals surface area (Å²) in [7, 11) is 0. The number of rotatable bonds is 30. The Morgan fingerprint density at radius 3 is 0.667 bits per heavy atom. The minimum Gasteiger partial charge on any atom is -0.467 e. The molecule has 1 saturated heterocycles. The van der Waals surface area contributed by atoms with Crippen LogP contribution in [0.15, 0.2) is 137 Å². The lowest BCUT2D eigenvalue weighted by atomic mass is 10.1. The van der Waals surface area contributed by atoms with Crippen LogP contribution in [0.25, 0.3) is 0 Å². The van der Waals surface area contributed by atoms with Crippen molar-refractivity contribution in [2.75, 3.05) is 98.5 Å². The molecule has 18 nitrogen and oxygen atoms in total. The molecule has 7 heterocycles. The molecule has 1 fully saturated rings. The molecular weight excluding hydrogens is 859 g/mol. The molecule has 0 radical (unpaired) electrons. The Kier molecular flexibility index (Phi) is 18.9. The molecule has 1 aliphatic rings. The van der Waals surface area contributed by atoms with Crippen molar-refractivity contribution < 1.29 is 70.2 Å². The fourth-order valence-electron chi connectivity index (χ4n) is 7.72. The monoisotopic (exact) mass is 921 g/mol. The van der Waals surface area contributed by atoms with Crippen molar-refractivity contribution in [3.05, 3.63) is 145 Å². The van der Waals surface area contributed by atoms with Crippen LogP contribution in [0.3, 0.4) is 0 Å². The van der Waals surface area contributed by atoms with Crippen molar-refractivity contribution in [1.29, 1.82) is 0 Å². The number of ether oxygens (including phenoxy) is 6. The Morgan fingerprint density at radius 2 is 0.515 bits per heavy atom. The summed E-state index contributed by atoms with van der Waals surface area (Å²) in [6, 6.07) is 21.6. The second-order valence-corrected chi connectivity index (χ2v) is 16.9. The molecule has 6 aromatic heterocycles. The summed E-state index contributed by atoms with van der Waals surface area (Å²) in [5, 5.41) is 36.9. The number of aliphatic hydroxyl groups is 3. The molecule has 0 atom stereocenters. The molecule has 0 amide bonds. The van der Waals surface area contributed by atoms with Gasteiger partial charge in [-0.3, -0.25) is 14.7 Å². The summed E-state index contributed by atoms with van der Waals surface area (Å²) in [4.78, 5) is 6.45. The summed E-state index contributed by atoms with van der Waals surface area (Å²) in [6.07, 6.45) is 9.46. The molecule has 0 bridgehead atoms. The molecule has 18 heteroatoms. The Bertz CT molecular complexity index is 1720. The van der Waals surface area contributed by atoms with Gasteiger partial charge in [-0.25, -0.2) is 0 Å². The predicted molar refractivity (Wildman–Crippen MR) is 234 cm³/mol. The van der Waals surface area contributed by atoms with E-state index in [0.717, 1.165) is 0 Å². The smallest absolute Gasteiger partial charge is 0.129 e. The number of furan rings is 6. The first-order valence-corrected chi connectivity index (χ1v) is 22.2. The van der Waals surface area contributed by atoms with E-state index in [9.17, 15) is 15.3 Å². The van der Waals surface area contributed by atoms with Crippen molar-refractivity contribution in [3.8, 4) is 0 Å². The largest absolute Gasteiger partial charge is 0.467 e. The zero-order valence-corrected chi connectivity index (χ0v) is 37.3. The third-order valence-corrected chi connectivity index (χ3v) is 10.9. The molecule has 360 valence electrons. The van der Waals surface area contributed by atoms with Crippen molar-refractivity contribution in [2.45, 2.75) is 56.4 Å². The standard InChI is InChI=1S/C48H63N3O15/c52-46(34-55-25-40-7-1-19-61-40,35-56-26-41-8-2-20-62-41)31-49-13-15-50(32-47(53,36-57-27-42-9-3-21-63-42)37-58-28-43-10-4-22-64-43)17-18-51(16-14-49)33-48(54,38-59-29-44-11-5-23-65-44)39-60-30-45-12-6-24-66-45/h1-12,19-24,52-54H,13-18,25-39H2. The first-order chi connectivity index (χ1) is 32.2. The van der Waals surface area contributed by atoms with Gasteiger partial charge in [-0.1, -0.05) is 0 Å². The highest BCUT2D eigenvalue weighted by molar-refractivity contribution is 5.01. The van der Waals surface area contributed by atoms with Crippen LogP contribution in [0.5, 0.6) is 0 Å². The molecule has 6 aromatic rings.